The number of nitrogens with zero attached hydrogens (tertiary/aromatic N) is 6. The lowest BCUT2D eigenvalue weighted by Gasteiger charge is -2.49. The van der Waals surface area contributed by atoms with Gasteiger partial charge in [0.1, 0.15) is 28.4 Å². The number of ether oxygens (including phenoxy) is 2. The minimum atomic E-state index is -1.15. The number of benzene rings is 2. The highest BCUT2D eigenvalue weighted by atomic mass is 28.3. The first-order valence-electron chi connectivity index (χ1n) is 20.9. The summed E-state index contributed by atoms with van der Waals surface area (Å²) in [4.78, 5) is 35.7. The molecule has 0 radical (unpaired) electrons. The van der Waals surface area contributed by atoms with E-state index >= 15 is 8.78 Å². The summed E-state index contributed by atoms with van der Waals surface area (Å²) in [5.41, 5.74) is 0.715. The third kappa shape index (κ3) is 6.92. The van der Waals surface area contributed by atoms with Crippen LogP contribution in [0.5, 0.6) is 6.01 Å². The number of halogens is 2. The Morgan fingerprint density at radius 3 is 2.61 bits per heavy atom. The van der Waals surface area contributed by atoms with Gasteiger partial charge in [0, 0.05) is 37.5 Å². The lowest BCUT2D eigenvalue weighted by atomic mass is 9.88. The molecular formula is C45H54F2N6O3Si. The fraction of sp³-hybridized carbons (Fsp3) is 0.556. The smallest absolute Gasteiger partial charge is 0.410 e. The summed E-state index contributed by atoms with van der Waals surface area (Å²) in [7, 11) is -1.15. The maximum absolute atomic E-state index is 17.5. The summed E-state index contributed by atoms with van der Waals surface area (Å²) >= 11 is 0. The number of pyridine rings is 1. The van der Waals surface area contributed by atoms with E-state index in [1.807, 2.05) is 37.8 Å². The second kappa shape index (κ2) is 13.9. The Labute approximate surface area is 335 Å². The van der Waals surface area contributed by atoms with Crippen LogP contribution < -0.4 is 9.64 Å². The van der Waals surface area contributed by atoms with Crippen LogP contribution in [0.1, 0.15) is 71.1 Å². The van der Waals surface area contributed by atoms with Gasteiger partial charge in [0.15, 0.2) is 5.82 Å². The van der Waals surface area contributed by atoms with Crippen LogP contribution >= 0.6 is 0 Å². The summed E-state index contributed by atoms with van der Waals surface area (Å²) in [5, 5.41) is 1.68. The van der Waals surface area contributed by atoms with E-state index in [4.69, 9.17) is 30.8 Å². The zero-order valence-electron chi connectivity index (χ0n) is 34.1. The van der Waals surface area contributed by atoms with Gasteiger partial charge < -0.3 is 19.3 Å². The first-order chi connectivity index (χ1) is 27.1. The van der Waals surface area contributed by atoms with Crippen molar-refractivity contribution in [1.82, 2.24) is 24.8 Å². The Bertz CT molecular complexity index is 2320. The maximum atomic E-state index is 17.5. The number of aromatic nitrogens is 3. The number of carbonyl (C=O) groups excluding carboxylic acids is 1. The van der Waals surface area contributed by atoms with Gasteiger partial charge in [0.25, 0.3) is 0 Å². The fourth-order valence-corrected chi connectivity index (χ4v) is 12.6. The van der Waals surface area contributed by atoms with E-state index in [9.17, 15) is 4.79 Å². The summed E-state index contributed by atoms with van der Waals surface area (Å²) < 4.78 is 45.3. The first-order valence-corrected chi connectivity index (χ1v) is 24.3. The summed E-state index contributed by atoms with van der Waals surface area (Å²) in [5.74, 6) is 1.92. The van der Waals surface area contributed by atoms with Crippen molar-refractivity contribution < 1.29 is 23.0 Å². The van der Waals surface area contributed by atoms with E-state index in [0.29, 0.717) is 52.8 Å². The highest BCUT2D eigenvalue weighted by Gasteiger charge is 2.53. The molecule has 4 aromatic rings. The molecule has 9 nitrogen and oxygen atoms in total. The van der Waals surface area contributed by atoms with Crippen LogP contribution in [0, 0.1) is 35.3 Å². The third-order valence-electron chi connectivity index (χ3n) is 13.4. The molecule has 2 aromatic heterocycles. The van der Waals surface area contributed by atoms with Crippen molar-refractivity contribution in [2.75, 3.05) is 37.7 Å². The van der Waals surface area contributed by atoms with Crippen LogP contribution in [-0.2, 0) is 11.2 Å². The molecule has 2 bridgehead atoms. The molecule has 1 aliphatic carbocycles. The monoisotopic (exact) mass is 792 g/mol. The predicted molar refractivity (Wildman–Crippen MR) is 222 cm³/mol. The number of rotatable bonds is 6. The zero-order chi connectivity index (χ0) is 40.0. The molecule has 0 N–H and O–H groups in total. The van der Waals surface area contributed by atoms with Gasteiger partial charge in [-0.25, -0.2) is 18.6 Å². The molecule has 4 fully saturated rings. The number of amides is 1. The molecule has 4 atom stereocenters. The van der Waals surface area contributed by atoms with Crippen LogP contribution in [0.3, 0.4) is 0 Å². The second-order valence-electron chi connectivity index (χ2n) is 19.3. The molecule has 4 aliphatic heterocycles. The summed E-state index contributed by atoms with van der Waals surface area (Å²) in [6.07, 6.45) is 11.1. The van der Waals surface area contributed by atoms with Crippen molar-refractivity contribution >= 4 is 41.7 Å². The van der Waals surface area contributed by atoms with Gasteiger partial charge in [-0.2, -0.15) is 9.97 Å². The normalized spacial score (nSPS) is 25.1. The first kappa shape index (κ1) is 38.2. The van der Waals surface area contributed by atoms with E-state index in [-0.39, 0.29) is 58.3 Å². The Balaban J connectivity index is 1.15. The van der Waals surface area contributed by atoms with Gasteiger partial charge in [0.05, 0.1) is 41.4 Å². The molecule has 2 aromatic carbocycles. The van der Waals surface area contributed by atoms with Crippen molar-refractivity contribution in [3.8, 4) is 29.6 Å². The van der Waals surface area contributed by atoms with E-state index in [0.717, 1.165) is 45.3 Å². The van der Waals surface area contributed by atoms with E-state index < -0.39 is 25.3 Å². The number of fused-ring (bicyclic) bond motifs is 6. The van der Waals surface area contributed by atoms with Crippen molar-refractivity contribution in [2.24, 2.45) is 11.3 Å². The number of terminal acetylenes is 1. The van der Waals surface area contributed by atoms with Crippen LogP contribution in [0.4, 0.5) is 19.4 Å². The summed E-state index contributed by atoms with van der Waals surface area (Å²) in [6.45, 7) is 17.1. The van der Waals surface area contributed by atoms with Crippen LogP contribution in [-0.4, -0.2) is 95.4 Å². The van der Waals surface area contributed by atoms with Crippen LogP contribution in [0.25, 0.3) is 32.9 Å². The molecule has 12 heteroatoms. The Morgan fingerprint density at radius 2 is 1.86 bits per heavy atom. The van der Waals surface area contributed by atoms with Gasteiger partial charge in [0.2, 0.25) is 0 Å². The molecule has 0 unspecified atom stereocenters. The van der Waals surface area contributed by atoms with Crippen molar-refractivity contribution in [1.29, 1.82) is 0 Å². The number of carbonyl (C=O) groups is 1. The lowest BCUT2D eigenvalue weighted by molar-refractivity contribution is 0.00490. The number of hydrogen-bond donors (Lipinski definition) is 0. The minimum absolute atomic E-state index is 0.00538. The van der Waals surface area contributed by atoms with Crippen molar-refractivity contribution in [3.63, 3.8) is 0 Å². The third-order valence-corrected chi connectivity index (χ3v) is 16.6. The molecule has 57 heavy (non-hydrogen) atoms. The molecule has 5 aliphatic rings. The van der Waals surface area contributed by atoms with E-state index in [2.05, 4.69) is 35.7 Å². The molecule has 6 heterocycles. The SMILES string of the molecule is C#Cc1c(F)ccc2cccc(-c3nc4c5c(nc(OCC6(CN7CCC[Si](C)(C)CC7)CC6)nc5c3F)N3C[C@H]5CC[C@@H]([C@@H]3[C@@H](C)C4)N5C(=O)OC(C)(C)C)c12. The highest BCUT2D eigenvalue weighted by Crippen LogP contribution is 2.49. The lowest BCUT2D eigenvalue weighted by Crippen LogP contribution is -2.63. The van der Waals surface area contributed by atoms with Crippen molar-refractivity contribution in [3.05, 3.63) is 53.2 Å². The molecule has 1 saturated carbocycles. The van der Waals surface area contributed by atoms with Crippen molar-refractivity contribution in [2.45, 2.75) is 115 Å². The van der Waals surface area contributed by atoms with Crippen LogP contribution in [0.2, 0.25) is 25.2 Å². The fourth-order valence-electron chi connectivity index (χ4n) is 10.3. The van der Waals surface area contributed by atoms with Gasteiger partial charge in [-0.15, -0.1) is 6.42 Å². The summed E-state index contributed by atoms with van der Waals surface area (Å²) in [6, 6.07) is 10.9. The molecule has 300 valence electrons. The largest absolute Gasteiger partial charge is 0.463 e. The van der Waals surface area contributed by atoms with Gasteiger partial charge in [-0.1, -0.05) is 56.2 Å². The van der Waals surface area contributed by atoms with Gasteiger partial charge >= 0.3 is 12.1 Å². The molecule has 0 spiro atoms. The standard InChI is InChI=1S/C45H54F2N6O3Si/c1-8-30-32(46)15-13-28-11-9-12-31(35(28)30)38-37(47)39-36-33(48-38)23-27(2)40-34-16-14-29(53(34)43(54)56-44(3,4)5)24-52(40)41(36)50-42(49-39)55-26-45(17-18-45)25-51-19-10-21-57(6,7)22-20-51/h1,9,11-13,15,27,29,34,40H,10,14,16-26H2,2-7H3/t27-,29+,34-,40-/m0/s1. The zero-order valence-corrected chi connectivity index (χ0v) is 35.1. The Hall–Kier alpha value is -4.34. The molecular weight excluding hydrogens is 739 g/mol. The molecule has 3 saturated heterocycles. The predicted octanol–water partition coefficient (Wildman–Crippen LogP) is 8.83. The van der Waals surface area contributed by atoms with E-state index in [1.165, 1.54) is 24.6 Å². The number of hydrogen-bond acceptors (Lipinski definition) is 8. The Morgan fingerprint density at radius 1 is 1.05 bits per heavy atom. The van der Waals surface area contributed by atoms with Gasteiger partial charge in [-0.05, 0) is 95.8 Å². The van der Waals surface area contributed by atoms with Crippen LogP contribution in [0.15, 0.2) is 30.3 Å². The number of anilines is 1. The van der Waals surface area contributed by atoms with Gasteiger partial charge in [-0.3, -0.25) is 4.90 Å². The molecule has 1 amide bonds. The quantitative estimate of drug-likeness (QED) is 0.142. The average Bonchev–Trinajstić information content (AvgIpc) is 3.90. The highest BCUT2D eigenvalue weighted by molar-refractivity contribution is 6.77. The van der Waals surface area contributed by atoms with E-state index in [1.54, 1.807) is 12.1 Å². The maximum Gasteiger partial charge on any atom is 0.410 e. The number of piperazine rings is 1. The topological polar surface area (TPSA) is 83.9 Å². The Kier molecular flexibility index (Phi) is 9.31. The molecule has 9 rings (SSSR count). The average molecular weight is 793 g/mol. The second-order valence-corrected chi connectivity index (χ2v) is 24.7. The minimum Gasteiger partial charge on any atom is -0.463 e.